The first-order valence-electron chi connectivity index (χ1n) is 10.6. The topological polar surface area (TPSA) is 100.0 Å². The lowest BCUT2D eigenvalue weighted by atomic mass is 10.1. The van der Waals surface area contributed by atoms with Crippen molar-refractivity contribution < 1.29 is 4.79 Å². The number of hydrogen-bond acceptors (Lipinski definition) is 5. The molecule has 4 aromatic rings. The minimum absolute atomic E-state index is 0.0972. The number of nitrogen functional groups attached to an aromatic ring is 1. The zero-order chi connectivity index (χ0) is 23.0. The number of rotatable bonds is 8. The van der Waals surface area contributed by atoms with E-state index in [9.17, 15) is 4.79 Å². The third kappa shape index (κ3) is 5.64. The predicted molar refractivity (Wildman–Crippen MR) is 128 cm³/mol. The van der Waals surface area contributed by atoms with Gasteiger partial charge < -0.3 is 11.1 Å². The van der Waals surface area contributed by atoms with Crippen molar-refractivity contribution in [2.24, 2.45) is 0 Å². The Balaban J connectivity index is 1.43. The zero-order valence-corrected chi connectivity index (χ0v) is 18.1. The van der Waals surface area contributed by atoms with Gasteiger partial charge in [-0.2, -0.15) is 10.4 Å². The van der Waals surface area contributed by atoms with Crippen molar-refractivity contribution in [1.29, 1.82) is 5.26 Å². The van der Waals surface area contributed by atoms with E-state index in [2.05, 4.69) is 39.6 Å². The van der Waals surface area contributed by atoms with Crippen LogP contribution in [0.2, 0.25) is 0 Å². The molecule has 3 N–H and O–H groups in total. The molecule has 0 spiro atoms. The molecular weight excluding hydrogens is 412 g/mol. The van der Waals surface area contributed by atoms with Crippen molar-refractivity contribution >= 4 is 17.4 Å². The molecule has 0 aliphatic rings. The Morgan fingerprint density at radius 1 is 0.939 bits per heavy atom. The Labute approximate surface area is 192 Å². The van der Waals surface area contributed by atoms with Crippen LogP contribution in [-0.2, 0) is 17.9 Å². The van der Waals surface area contributed by atoms with Crippen molar-refractivity contribution in [2.75, 3.05) is 17.6 Å². The van der Waals surface area contributed by atoms with Crippen LogP contribution in [0.4, 0.5) is 11.5 Å². The Hall–Kier alpha value is -4.41. The molecule has 0 saturated heterocycles. The highest BCUT2D eigenvalue weighted by atomic mass is 16.2. The lowest BCUT2D eigenvalue weighted by Crippen LogP contribution is -2.32. The molecule has 1 aromatic heterocycles. The fourth-order valence-corrected chi connectivity index (χ4v) is 3.59. The fourth-order valence-electron chi connectivity index (χ4n) is 3.59. The van der Waals surface area contributed by atoms with Crippen LogP contribution in [-0.4, -0.2) is 27.1 Å². The van der Waals surface area contributed by atoms with E-state index in [0.717, 1.165) is 11.1 Å². The fraction of sp³-hybridized carbons (Fsp3) is 0.115. The third-order valence-corrected chi connectivity index (χ3v) is 5.19. The van der Waals surface area contributed by atoms with Crippen LogP contribution >= 0.6 is 0 Å². The summed E-state index contributed by atoms with van der Waals surface area (Å²) in [5.41, 5.74) is 9.96. The van der Waals surface area contributed by atoms with Crippen LogP contribution < -0.4 is 11.1 Å². The smallest absolute Gasteiger partial charge is 0.238 e. The molecule has 0 atom stereocenters. The molecule has 0 bridgehead atoms. The van der Waals surface area contributed by atoms with E-state index >= 15 is 0 Å². The Morgan fingerprint density at radius 2 is 1.52 bits per heavy atom. The summed E-state index contributed by atoms with van der Waals surface area (Å²) in [6.45, 7) is 1.59. The number of nitrogens with one attached hydrogen (secondary N) is 1. The molecule has 0 aliphatic carbocycles. The maximum atomic E-state index is 12.8. The number of amides is 1. The Bertz CT molecular complexity index is 1200. The number of carbonyl (C=O) groups excluding carboxylic acids is 1. The summed E-state index contributed by atoms with van der Waals surface area (Å²) in [5.74, 6) is 0.187. The molecular formula is C26H24N6O. The first-order valence-corrected chi connectivity index (χ1v) is 10.6. The number of hydrogen-bond donors (Lipinski definition) is 2. The molecule has 0 radical (unpaired) electrons. The number of nitriles is 1. The number of nitrogens with zero attached hydrogens (tertiary/aromatic N) is 4. The van der Waals surface area contributed by atoms with Crippen LogP contribution in [0.15, 0.2) is 91.1 Å². The molecule has 0 unspecified atom stereocenters. The summed E-state index contributed by atoms with van der Waals surface area (Å²) in [6, 6.07) is 29.4. The van der Waals surface area contributed by atoms with Gasteiger partial charge in [0, 0.05) is 18.8 Å². The highest BCUT2D eigenvalue weighted by Crippen LogP contribution is 2.19. The van der Waals surface area contributed by atoms with Gasteiger partial charge in [0.2, 0.25) is 5.91 Å². The standard InChI is InChI=1S/C26H24N6O/c27-15-22-16-29-32(26(22)28)24-13-11-23(12-14-24)30-25(33)19-31(17-20-7-3-1-4-8-20)18-21-9-5-2-6-10-21/h1-14,16H,17-19,28H2,(H,30,33). The second kappa shape index (κ2) is 10.3. The lowest BCUT2D eigenvalue weighted by molar-refractivity contribution is -0.117. The van der Waals surface area contributed by atoms with Gasteiger partial charge in [0.05, 0.1) is 18.4 Å². The largest absolute Gasteiger partial charge is 0.382 e. The van der Waals surface area contributed by atoms with Crippen molar-refractivity contribution in [1.82, 2.24) is 14.7 Å². The summed E-state index contributed by atoms with van der Waals surface area (Å²) in [6.07, 6.45) is 1.43. The van der Waals surface area contributed by atoms with E-state index in [1.165, 1.54) is 10.9 Å². The monoisotopic (exact) mass is 436 g/mol. The maximum absolute atomic E-state index is 12.8. The van der Waals surface area contributed by atoms with Crippen LogP contribution in [0, 0.1) is 11.3 Å². The van der Waals surface area contributed by atoms with Crippen LogP contribution in [0.5, 0.6) is 0 Å². The normalized spacial score (nSPS) is 10.7. The summed E-state index contributed by atoms with van der Waals surface area (Å²) in [4.78, 5) is 14.9. The molecule has 7 nitrogen and oxygen atoms in total. The SMILES string of the molecule is N#Cc1cnn(-c2ccc(NC(=O)CN(Cc3ccccc3)Cc3ccccc3)cc2)c1N. The highest BCUT2D eigenvalue weighted by molar-refractivity contribution is 5.92. The van der Waals surface area contributed by atoms with E-state index in [0.29, 0.717) is 30.0 Å². The average Bonchev–Trinajstić information content (AvgIpc) is 3.21. The number of carbonyl (C=O) groups is 1. The molecule has 7 heteroatoms. The Morgan fingerprint density at radius 3 is 2.03 bits per heavy atom. The van der Waals surface area contributed by atoms with Gasteiger partial charge in [-0.05, 0) is 35.4 Å². The molecule has 0 fully saturated rings. The second-order valence-electron chi connectivity index (χ2n) is 7.68. The number of nitrogens with two attached hydrogens (primary N) is 1. The van der Waals surface area contributed by atoms with Crippen molar-refractivity contribution in [3.63, 3.8) is 0 Å². The quantitative estimate of drug-likeness (QED) is 0.435. The molecule has 0 saturated carbocycles. The predicted octanol–water partition coefficient (Wildman–Crippen LogP) is 3.97. The summed E-state index contributed by atoms with van der Waals surface area (Å²) in [7, 11) is 0. The molecule has 33 heavy (non-hydrogen) atoms. The van der Waals surface area contributed by atoms with Crippen LogP contribution in [0.25, 0.3) is 5.69 Å². The molecule has 1 heterocycles. The number of anilines is 2. The van der Waals surface area contributed by atoms with E-state index in [1.807, 2.05) is 42.5 Å². The third-order valence-electron chi connectivity index (χ3n) is 5.19. The molecule has 4 rings (SSSR count). The van der Waals surface area contributed by atoms with E-state index in [1.54, 1.807) is 24.3 Å². The summed E-state index contributed by atoms with van der Waals surface area (Å²) in [5, 5.41) is 16.1. The first-order chi connectivity index (χ1) is 16.1. The maximum Gasteiger partial charge on any atom is 0.238 e. The highest BCUT2D eigenvalue weighted by Gasteiger charge is 2.13. The minimum atomic E-state index is -0.0972. The molecule has 0 aliphatic heterocycles. The van der Waals surface area contributed by atoms with Gasteiger partial charge in [-0.3, -0.25) is 9.69 Å². The number of benzene rings is 3. The van der Waals surface area contributed by atoms with Crippen molar-refractivity contribution in [2.45, 2.75) is 13.1 Å². The van der Waals surface area contributed by atoms with Gasteiger partial charge in [-0.15, -0.1) is 0 Å². The summed E-state index contributed by atoms with van der Waals surface area (Å²) >= 11 is 0. The van der Waals surface area contributed by atoms with Gasteiger partial charge in [0.1, 0.15) is 17.5 Å². The average molecular weight is 437 g/mol. The van der Waals surface area contributed by atoms with Crippen molar-refractivity contribution in [3.05, 3.63) is 108 Å². The molecule has 164 valence electrons. The van der Waals surface area contributed by atoms with E-state index < -0.39 is 0 Å². The van der Waals surface area contributed by atoms with Gasteiger partial charge >= 0.3 is 0 Å². The van der Waals surface area contributed by atoms with Crippen LogP contribution in [0.1, 0.15) is 16.7 Å². The zero-order valence-electron chi connectivity index (χ0n) is 18.1. The van der Waals surface area contributed by atoms with Crippen LogP contribution in [0.3, 0.4) is 0 Å². The molecule has 3 aromatic carbocycles. The van der Waals surface area contributed by atoms with E-state index in [4.69, 9.17) is 11.0 Å². The van der Waals surface area contributed by atoms with Gasteiger partial charge in [0.15, 0.2) is 0 Å². The summed E-state index contributed by atoms with van der Waals surface area (Å²) < 4.78 is 1.49. The molecule has 1 amide bonds. The number of aromatic nitrogens is 2. The van der Waals surface area contributed by atoms with Gasteiger partial charge in [-0.1, -0.05) is 60.7 Å². The van der Waals surface area contributed by atoms with E-state index in [-0.39, 0.29) is 18.3 Å². The second-order valence-corrected chi connectivity index (χ2v) is 7.68. The Kier molecular flexibility index (Phi) is 6.78. The minimum Gasteiger partial charge on any atom is -0.382 e. The van der Waals surface area contributed by atoms with Gasteiger partial charge in [-0.25, -0.2) is 4.68 Å². The van der Waals surface area contributed by atoms with Gasteiger partial charge in [0.25, 0.3) is 0 Å². The first kappa shape index (κ1) is 21.8. The van der Waals surface area contributed by atoms with Crippen molar-refractivity contribution in [3.8, 4) is 11.8 Å². The lowest BCUT2D eigenvalue weighted by Gasteiger charge is -2.22.